The van der Waals surface area contributed by atoms with Gasteiger partial charge in [0.15, 0.2) is 9.84 Å². The lowest BCUT2D eigenvalue weighted by atomic mass is 10.0. The van der Waals surface area contributed by atoms with E-state index in [1.54, 1.807) is 24.3 Å². The van der Waals surface area contributed by atoms with E-state index < -0.39 is 9.84 Å². The number of nitrogens with one attached hydrogen (secondary N) is 1. The number of benzene rings is 1. The van der Waals surface area contributed by atoms with Gasteiger partial charge in [-0.25, -0.2) is 8.42 Å². The number of amides is 1. The highest BCUT2D eigenvalue weighted by atomic mass is 32.2. The van der Waals surface area contributed by atoms with Crippen LogP contribution in [0, 0.1) is 5.92 Å². The fraction of sp³-hybridized carbons (Fsp3) is 0.588. The number of carbonyl (C=O) groups excluding carboxylic acids is 1. The molecule has 5 heteroatoms. The van der Waals surface area contributed by atoms with Crippen LogP contribution in [0.4, 0.5) is 0 Å². The molecule has 0 radical (unpaired) electrons. The standard InChI is InChI=1S/C17H25NO3S/c1-13(15-8-10-16(11-9-15)22(2,20)21)18-17(19)12-7-14-5-3-4-6-14/h8-11,13-14H,3-7,12H2,1-2H3,(H,18,19)/t13-/m0/s1. The molecule has 0 heterocycles. The smallest absolute Gasteiger partial charge is 0.220 e. The van der Waals surface area contributed by atoms with Crippen molar-refractivity contribution >= 4 is 15.7 Å². The van der Waals surface area contributed by atoms with Crippen molar-refractivity contribution in [2.45, 2.75) is 56.4 Å². The summed E-state index contributed by atoms with van der Waals surface area (Å²) in [5, 5.41) is 2.99. The van der Waals surface area contributed by atoms with Gasteiger partial charge in [-0.1, -0.05) is 37.8 Å². The molecule has 1 saturated carbocycles. The van der Waals surface area contributed by atoms with E-state index in [1.165, 1.54) is 31.9 Å². The average Bonchev–Trinajstić information content (AvgIpc) is 2.97. The zero-order valence-corrected chi connectivity index (χ0v) is 14.2. The highest BCUT2D eigenvalue weighted by molar-refractivity contribution is 7.90. The van der Waals surface area contributed by atoms with Gasteiger partial charge >= 0.3 is 0 Å². The maximum absolute atomic E-state index is 12.0. The Kier molecular flexibility index (Phi) is 5.62. The van der Waals surface area contributed by atoms with Crippen molar-refractivity contribution in [3.05, 3.63) is 29.8 Å². The second kappa shape index (κ2) is 7.27. The van der Waals surface area contributed by atoms with Crippen molar-refractivity contribution in [2.24, 2.45) is 5.92 Å². The summed E-state index contributed by atoms with van der Waals surface area (Å²) in [5.74, 6) is 0.793. The molecule has 1 fully saturated rings. The Labute approximate surface area is 133 Å². The summed E-state index contributed by atoms with van der Waals surface area (Å²) in [7, 11) is -3.17. The second-order valence-electron chi connectivity index (χ2n) is 6.32. The predicted octanol–water partition coefficient (Wildman–Crippen LogP) is 3.24. The SMILES string of the molecule is C[C@H](NC(=O)CCC1CCCC1)c1ccc(S(C)(=O)=O)cc1. The van der Waals surface area contributed by atoms with Crippen molar-refractivity contribution in [1.29, 1.82) is 0 Å². The molecule has 4 nitrogen and oxygen atoms in total. The molecule has 1 aliphatic carbocycles. The second-order valence-corrected chi connectivity index (χ2v) is 8.34. The van der Waals surface area contributed by atoms with Crippen molar-refractivity contribution in [3.63, 3.8) is 0 Å². The van der Waals surface area contributed by atoms with Crippen LogP contribution in [-0.2, 0) is 14.6 Å². The summed E-state index contributed by atoms with van der Waals surface area (Å²) in [5.41, 5.74) is 0.918. The number of carbonyl (C=O) groups is 1. The van der Waals surface area contributed by atoms with Crippen LogP contribution in [0.2, 0.25) is 0 Å². The van der Waals surface area contributed by atoms with E-state index in [2.05, 4.69) is 5.32 Å². The third-order valence-electron chi connectivity index (χ3n) is 4.44. The first-order valence-corrected chi connectivity index (χ1v) is 9.85. The van der Waals surface area contributed by atoms with Crippen molar-refractivity contribution < 1.29 is 13.2 Å². The van der Waals surface area contributed by atoms with Crippen LogP contribution in [0.3, 0.4) is 0 Å². The van der Waals surface area contributed by atoms with Gasteiger partial charge in [0.2, 0.25) is 5.91 Å². The molecule has 1 atom stereocenters. The third-order valence-corrected chi connectivity index (χ3v) is 5.57. The average molecular weight is 323 g/mol. The molecule has 0 bridgehead atoms. The molecule has 0 aliphatic heterocycles. The van der Waals surface area contributed by atoms with Crippen molar-refractivity contribution in [3.8, 4) is 0 Å². The van der Waals surface area contributed by atoms with Gasteiger partial charge in [0, 0.05) is 12.7 Å². The Bertz CT molecular complexity index is 601. The van der Waals surface area contributed by atoms with E-state index in [0.717, 1.165) is 17.9 Å². The zero-order valence-electron chi connectivity index (χ0n) is 13.3. The number of hydrogen-bond acceptors (Lipinski definition) is 3. The molecule has 122 valence electrons. The van der Waals surface area contributed by atoms with Crippen LogP contribution in [0.1, 0.15) is 57.1 Å². The molecule has 1 aliphatic rings. The van der Waals surface area contributed by atoms with Gasteiger partial charge < -0.3 is 5.32 Å². The largest absolute Gasteiger partial charge is 0.350 e. The maximum Gasteiger partial charge on any atom is 0.220 e. The van der Waals surface area contributed by atoms with E-state index in [1.807, 2.05) is 6.92 Å². The molecular weight excluding hydrogens is 298 g/mol. The number of sulfone groups is 1. The lowest BCUT2D eigenvalue weighted by molar-refractivity contribution is -0.122. The summed E-state index contributed by atoms with van der Waals surface area (Å²) in [4.78, 5) is 12.3. The Morgan fingerprint density at radius 3 is 2.36 bits per heavy atom. The molecule has 22 heavy (non-hydrogen) atoms. The molecule has 1 N–H and O–H groups in total. The minimum absolute atomic E-state index is 0.0755. The van der Waals surface area contributed by atoms with Crippen LogP contribution < -0.4 is 5.32 Å². The van der Waals surface area contributed by atoms with Gasteiger partial charge in [0.1, 0.15) is 0 Å². The van der Waals surface area contributed by atoms with E-state index in [4.69, 9.17) is 0 Å². The molecule has 0 spiro atoms. The molecule has 1 aromatic rings. The molecule has 0 aromatic heterocycles. The zero-order chi connectivity index (χ0) is 16.2. The van der Waals surface area contributed by atoms with Crippen LogP contribution in [0.5, 0.6) is 0 Å². The molecular formula is C17H25NO3S. The number of rotatable bonds is 6. The fourth-order valence-electron chi connectivity index (χ4n) is 3.03. The molecule has 1 amide bonds. The number of hydrogen-bond donors (Lipinski definition) is 1. The Morgan fingerprint density at radius 1 is 1.23 bits per heavy atom. The van der Waals surface area contributed by atoms with Crippen LogP contribution >= 0.6 is 0 Å². The Morgan fingerprint density at radius 2 is 1.82 bits per heavy atom. The Hall–Kier alpha value is -1.36. The molecule has 2 rings (SSSR count). The summed E-state index contributed by atoms with van der Waals surface area (Å²) in [6.45, 7) is 1.92. The van der Waals surface area contributed by atoms with Crippen LogP contribution in [0.25, 0.3) is 0 Å². The van der Waals surface area contributed by atoms with Gasteiger partial charge in [-0.2, -0.15) is 0 Å². The first-order valence-electron chi connectivity index (χ1n) is 7.95. The van der Waals surface area contributed by atoms with Gasteiger partial charge in [0.25, 0.3) is 0 Å². The minimum atomic E-state index is -3.17. The van der Waals surface area contributed by atoms with E-state index in [0.29, 0.717) is 11.3 Å². The topological polar surface area (TPSA) is 63.2 Å². The summed E-state index contributed by atoms with van der Waals surface area (Å²) in [6.07, 6.45) is 7.87. The van der Waals surface area contributed by atoms with E-state index in [9.17, 15) is 13.2 Å². The lowest BCUT2D eigenvalue weighted by Crippen LogP contribution is -2.26. The molecule has 1 aromatic carbocycles. The summed E-state index contributed by atoms with van der Waals surface area (Å²) < 4.78 is 22.9. The summed E-state index contributed by atoms with van der Waals surface area (Å²) in [6, 6.07) is 6.60. The maximum atomic E-state index is 12.0. The molecule has 0 saturated heterocycles. The summed E-state index contributed by atoms with van der Waals surface area (Å²) >= 11 is 0. The van der Waals surface area contributed by atoms with Crippen LogP contribution in [-0.4, -0.2) is 20.6 Å². The monoisotopic (exact) mass is 323 g/mol. The van der Waals surface area contributed by atoms with Crippen molar-refractivity contribution in [2.75, 3.05) is 6.26 Å². The fourth-order valence-corrected chi connectivity index (χ4v) is 3.67. The Balaban J connectivity index is 1.85. The molecule has 0 unspecified atom stereocenters. The lowest BCUT2D eigenvalue weighted by Gasteiger charge is -2.15. The van der Waals surface area contributed by atoms with Crippen LogP contribution in [0.15, 0.2) is 29.2 Å². The highest BCUT2D eigenvalue weighted by Gasteiger charge is 2.17. The third kappa shape index (κ3) is 4.83. The van der Waals surface area contributed by atoms with E-state index in [-0.39, 0.29) is 11.9 Å². The first kappa shape index (κ1) is 17.0. The predicted molar refractivity (Wildman–Crippen MR) is 87.3 cm³/mol. The minimum Gasteiger partial charge on any atom is -0.350 e. The van der Waals surface area contributed by atoms with Crippen molar-refractivity contribution in [1.82, 2.24) is 5.32 Å². The van der Waals surface area contributed by atoms with Gasteiger partial charge in [-0.15, -0.1) is 0 Å². The highest BCUT2D eigenvalue weighted by Crippen LogP contribution is 2.28. The normalized spacial score (nSPS) is 17.4. The van der Waals surface area contributed by atoms with Gasteiger partial charge in [0.05, 0.1) is 10.9 Å². The van der Waals surface area contributed by atoms with Gasteiger partial charge in [-0.05, 0) is 37.0 Å². The van der Waals surface area contributed by atoms with Gasteiger partial charge in [-0.3, -0.25) is 4.79 Å². The van der Waals surface area contributed by atoms with E-state index >= 15 is 0 Å². The first-order chi connectivity index (χ1) is 10.4. The quantitative estimate of drug-likeness (QED) is 0.874.